The average Bonchev–Trinajstić information content (AvgIpc) is 3.38. The average molecular weight is 450 g/mol. The molecule has 0 nitrogen and oxygen atoms in total. The summed E-state index contributed by atoms with van der Waals surface area (Å²) in [6, 6.07) is 46.9. The summed E-state index contributed by atoms with van der Waals surface area (Å²) >= 11 is 1.84. The summed E-state index contributed by atoms with van der Waals surface area (Å²) < 4.78 is 0. The fourth-order valence-electron chi connectivity index (χ4n) is 4.51. The van der Waals surface area contributed by atoms with Gasteiger partial charge in [-0.2, -0.15) is 0 Å². The van der Waals surface area contributed by atoms with Crippen LogP contribution < -0.4 is 15.9 Å². The van der Waals surface area contributed by atoms with E-state index < -0.39 is 7.26 Å². The van der Waals surface area contributed by atoms with Crippen LogP contribution in [-0.4, -0.2) is 0 Å². The van der Waals surface area contributed by atoms with E-state index in [9.17, 15) is 0 Å². The van der Waals surface area contributed by atoms with Crippen molar-refractivity contribution in [3.8, 4) is 0 Å². The third-order valence-electron chi connectivity index (χ3n) is 6.06. The van der Waals surface area contributed by atoms with Crippen LogP contribution in [0.15, 0.2) is 133 Å². The van der Waals surface area contributed by atoms with Crippen LogP contribution in [0.3, 0.4) is 0 Å². The summed E-state index contributed by atoms with van der Waals surface area (Å²) in [5, 5.41) is 6.47. The predicted octanol–water partition coefficient (Wildman–Crippen LogP) is 6.83. The van der Waals surface area contributed by atoms with Gasteiger partial charge in [0.1, 0.15) is 23.2 Å². The first kappa shape index (κ1) is 20.9. The second-order valence-electron chi connectivity index (χ2n) is 8.00. The Morgan fingerprint density at radius 2 is 0.938 bits per heavy atom. The van der Waals surface area contributed by atoms with Crippen molar-refractivity contribution in [2.45, 2.75) is 12.6 Å². The molecular weight excluding hydrogens is 423 g/mol. The molecule has 0 atom stereocenters. The van der Waals surface area contributed by atoms with Crippen molar-refractivity contribution >= 4 is 34.5 Å². The van der Waals surface area contributed by atoms with Crippen LogP contribution in [0.25, 0.3) is 0 Å². The zero-order valence-corrected chi connectivity index (χ0v) is 19.7. The van der Waals surface area contributed by atoms with E-state index in [0.29, 0.717) is 0 Å². The molecule has 0 N–H and O–H groups in total. The molecule has 0 aliphatic rings. The molecule has 1 aromatic heterocycles. The first-order valence-corrected chi connectivity index (χ1v) is 13.9. The topological polar surface area (TPSA) is 0 Å². The maximum atomic E-state index is 2.34. The fraction of sp³-hybridized carbons (Fsp3) is 0.0667. The van der Waals surface area contributed by atoms with Crippen molar-refractivity contribution in [1.82, 2.24) is 0 Å². The van der Waals surface area contributed by atoms with E-state index in [1.165, 1.54) is 31.9 Å². The van der Waals surface area contributed by atoms with E-state index in [1.807, 2.05) is 11.3 Å². The van der Waals surface area contributed by atoms with Gasteiger partial charge in [0.05, 0.1) is 6.16 Å². The van der Waals surface area contributed by atoms with Gasteiger partial charge in [0.2, 0.25) is 0 Å². The van der Waals surface area contributed by atoms with Crippen LogP contribution in [-0.2, 0) is 12.6 Å². The van der Waals surface area contributed by atoms with Crippen LogP contribution in [0.2, 0.25) is 0 Å². The Labute approximate surface area is 195 Å². The lowest BCUT2D eigenvalue weighted by molar-refractivity contribution is 1.17. The smallest absolute Gasteiger partial charge is 0.116 e. The largest absolute Gasteiger partial charge is 0.149 e. The Morgan fingerprint density at radius 3 is 1.41 bits per heavy atom. The molecule has 1 heterocycles. The minimum atomic E-state index is -1.89. The number of thiophene rings is 1. The molecule has 5 aromatic rings. The molecule has 0 unspecified atom stereocenters. The Hall–Kier alpha value is -2.99. The molecule has 0 radical (unpaired) electrons. The molecular formula is C30H26PS+. The summed E-state index contributed by atoms with van der Waals surface area (Å²) in [5.74, 6) is 0. The molecule has 5 rings (SSSR count). The van der Waals surface area contributed by atoms with Gasteiger partial charge in [0.25, 0.3) is 0 Å². The van der Waals surface area contributed by atoms with E-state index >= 15 is 0 Å². The Balaban J connectivity index is 1.71. The molecule has 4 aromatic carbocycles. The van der Waals surface area contributed by atoms with Gasteiger partial charge in [-0.05, 0) is 59.0 Å². The fourth-order valence-corrected chi connectivity index (χ4v) is 9.54. The highest BCUT2D eigenvalue weighted by Crippen LogP contribution is 2.58. The number of benzene rings is 4. The van der Waals surface area contributed by atoms with Gasteiger partial charge in [-0.25, -0.2) is 0 Å². The van der Waals surface area contributed by atoms with Crippen molar-refractivity contribution in [1.29, 1.82) is 0 Å². The van der Waals surface area contributed by atoms with E-state index in [-0.39, 0.29) is 0 Å². The Morgan fingerprint density at radius 1 is 0.469 bits per heavy atom. The molecule has 0 fully saturated rings. The summed E-state index contributed by atoms with van der Waals surface area (Å²) in [4.78, 5) is 1.42. The predicted molar refractivity (Wildman–Crippen MR) is 142 cm³/mol. The summed E-state index contributed by atoms with van der Waals surface area (Å²) in [5.41, 5.74) is 2.88. The molecule has 156 valence electrons. The number of hydrogen-bond acceptors (Lipinski definition) is 1. The lowest BCUT2D eigenvalue weighted by Crippen LogP contribution is -2.32. The second-order valence-corrected chi connectivity index (χ2v) is 12.5. The molecule has 0 bridgehead atoms. The van der Waals surface area contributed by atoms with Gasteiger partial charge >= 0.3 is 0 Å². The van der Waals surface area contributed by atoms with Crippen LogP contribution in [0.1, 0.15) is 16.0 Å². The van der Waals surface area contributed by atoms with Gasteiger partial charge in [0.15, 0.2) is 0 Å². The number of rotatable bonds is 7. The standard InChI is InChI=1S/C30H26PS/c1-4-15-27(16-5-1)31(28-17-6-2-7-18-28,29-19-8-3-9-20-29)24-26-14-11-10-13-25(26)23-30-21-12-22-32-30/h1-22H,23-24H2/q+1. The van der Waals surface area contributed by atoms with E-state index in [1.54, 1.807) is 0 Å². The SMILES string of the molecule is c1ccc([P+](Cc2ccccc2Cc2cccs2)(c2ccccc2)c2ccccc2)cc1. The van der Waals surface area contributed by atoms with E-state index in [4.69, 9.17) is 0 Å². The van der Waals surface area contributed by atoms with Crippen molar-refractivity contribution in [2.24, 2.45) is 0 Å². The second kappa shape index (κ2) is 9.65. The third kappa shape index (κ3) is 4.19. The highest BCUT2D eigenvalue weighted by Gasteiger charge is 2.45. The minimum absolute atomic E-state index is 0.992. The summed E-state index contributed by atoms with van der Waals surface area (Å²) in [6.45, 7) is 0. The van der Waals surface area contributed by atoms with Gasteiger partial charge in [-0.3, -0.25) is 0 Å². The van der Waals surface area contributed by atoms with Gasteiger partial charge in [-0.15, -0.1) is 11.3 Å². The van der Waals surface area contributed by atoms with Gasteiger partial charge < -0.3 is 0 Å². The monoisotopic (exact) mass is 449 g/mol. The third-order valence-corrected chi connectivity index (χ3v) is 11.3. The molecule has 0 saturated carbocycles. The summed E-state index contributed by atoms with van der Waals surface area (Å²) in [6.07, 6.45) is 2.01. The van der Waals surface area contributed by atoms with Crippen molar-refractivity contribution in [2.75, 3.05) is 0 Å². The van der Waals surface area contributed by atoms with E-state index in [2.05, 4.69) is 133 Å². The maximum Gasteiger partial charge on any atom is 0.116 e. The quantitative estimate of drug-likeness (QED) is 0.239. The summed E-state index contributed by atoms with van der Waals surface area (Å²) in [7, 11) is -1.89. The first-order valence-electron chi connectivity index (χ1n) is 11.0. The van der Waals surface area contributed by atoms with Crippen LogP contribution in [0.5, 0.6) is 0 Å². The number of hydrogen-bond donors (Lipinski definition) is 0. The molecule has 32 heavy (non-hydrogen) atoms. The van der Waals surface area contributed by atoms with Crippen molar-refractivity contribution in [3.05, 3.63) is 149 Å². The Bertz CT molecular complexity index is 1150. The van der Waals surface area contributed by atoms with Crippen LogP contribution >= 0.6 is 18.6 Å². The highest BCUT2D eigenvalue weighted by molar-refractivity contribution is 7.95. The lowest BCUT2D eigenvalue weighted by atomic mass is 10.1. The zero-order chi connectivity index (χ0) is 21.6. The van der Waals surface area contributed by atoms with E-state index in [0.717, 1.165) is 12.6 Å². The molecule has 2 heteroatoms. The molecule has 0 aliphatic heterocycles. The molecule has 0 aliphatic carbocycles. The van der Waals surface area contributed by atoms with Crippen LogP contribution in [0, 0.1) is 0 Å². The maximum absolute atomic E-state index is 2.34. The first-order chi connectivity index (χ1) is 15.9. The molecule has 0 saturated heterocycles. The normalized spacial score (nSPS) is 11.4. The Kier molecular flexibility index (Phi) is 6.30. The zero-order valence-electron chi connectivity index (χ0n) is 18.0. The lowest BCUT2D eigenvalue weighted by Gasteiger charge is -2.28. The highest BCUT2D eigenvalue weighted by atomic mass is 32.1. The minimum Gasteiger partial charge on any atom is -0.149 e. The van der Waals surface area contributed by atoms with Gasteiger partial charge in [-0.1, -0.05) is 84.9 Å². The molecule has 0 spiro atoms. The molecule has 0 amide bonds. The van der Waals surface area contributed by atoms with Gasteiger partial charge in [0, 0.05) is 11.3 Å². The van der Waals surface area contributed by atoms with Crippen LogP contribution in [0.4, 0.5) is 0 Å². The van der Waals surface area contributed by atoms with Crippen molar-refractivity contribution in [3.63, 3.8) is 0 Å². The van der Waals surface area contributed by atoms with Crippen molar-refractivity contribution < 1.29 is 0 Å².